The Hall–Kier alpha value is -2.99. The summed E-state index contributed by atoms with van der Waals surface area (Å²) in [6.45, 7) is 13.3. The van der Waals surface area contributed by atoms with Gasteiger partial charge >= 0.3 is 0 Å². The maximum atomic E-state index is 5.70. The van der Waals surface area contributed by atoms with Gasteiger partial charge in [0.25, 0.3) is 0 Å². The largest absolute Gasteiger partial charge is 0.368 e. The van der Waals surface area contributed by atoms with Gasteiger partial charge in [0.15, 0.2) is 0 Å². The Labute approximate surface area is 186 Å². The Kier molecular flexibility index (Phi) is 6.47. The van der Waals surface area contributed by atoms with Gasteiger partial charge in [0.05, 0.1) is 6.04 Å². The molecule has 2 aliphatic rings. The van der Waals surface area contributed by atoms with Gasteiger partial charge in [-0.2, -0.15) is 5.10 Å². The van der Waals surface area contributed by atoms with E-state index in [0.29, 0.717) is 6.54 Å². The molecule has 0 saturated carbocycles. The third kappa shape index (κ3) is 4.54. The molecule has 0 amide bonds. The quantitative estimate of drug-likeness (QED) is 0.740. The molecule has 2 aromatic carbocycles. The molecule has 1 atom stereocenters. The smallest absolute Gasteiger partial charge is 0.128 e. The zero-order valence-electron chi connectivity index (χ0n) is 18.7. The topological polar surface area (TPSA) is 51.3 Å². The summed E-state index contributed by atoms with van der Waals surface area (Å²) in [4.78, 5) is 6.98. The van der Waals surface area contributed by atoms with Crippen LogP contribution in [-0.2, 0) is 6.42 Å². The number of hydrogen-bond acceptors (Lipinski definition) is 6. The molecule has 0 spiro atoms. The molecule has 0 bridgehead atoms. The SMILES string of the molecule is C=C1N(c2ccc(N3CCN(c4ccc(CC)cc4)CC3)cc2)C=NN1C(C)CCN. The van der Waals surface area contributed by atoms with Crippen molar-refractivity contribution in [3.8, 4) is 0 Å². The highest BCUT2D eigenvalue weighted by molar-refractivity contribution is 5.85. The van der Waals surface area contributed by atoms with Gasteiger partial charge < -0.3 is 15.5 Å². The third-order valence-corrected chi connectivity index (χ3v) is 6.32. The fourth-order valence-corrected chi connectivity index (χ4v) is 4.29. The van der Waals surface area contributed by atoms with Crippen molar-refractivity contribution in [1.82, 2.24) is 5.01 Å². The Balaban J connectivity index is 1.35. The second-order valence-electron chi connectivity index (χ2n) is 8.30. The fourth-order valence-electron chi connectivity index (χ4n) is 4.29. The summed E-state index contributed by atoms with van der Waals surface area (Å²) in [6, 6.07) is 18.0. The molecule has 0 aromatic heterocycles. The molecule has 2 heterocycles. The number of rotatable bonds is 7. The van der Waals surface area contributed by atoms with Crippen molar-refractivity contribution < 1.29 is 0 Å². The second-order valence-corrected chi connectivity index (χ2v) is 8.30. The summed E-state index contributed by atoms with van der Waals surface area (Å²) in [5.41, 5.74) is 10.8. The summed E-state index contributed by atoms with van der Waals surface area (Å²) in [7, 11) is 0. The number of anilines is 3. The summed E-state index contributed by atoms with van der Waals surface area (Å²) in [5, 5.41) is 6.47. The minimum atomic E-state index is 0.243. The average Bonchev–Trinajstić information content (AvgIpc) is 3.21. The molecule has 6 heteroatoms. The zero-order chi connectivity index (χ0) is 21.8. The van der Waals surface area contributed by atoms with E-state index in [-0.39, 0.29) is 6.04 Å². The molecule has 6 nitrogen and oxygen atoms in total. The zero-order valence-corrected chi connectivity index (χ0v) is 18.7. The Bertz CT molecular complexity index is 897. The number of piperazine rings is 1. The maximum Gasteiger partial charge on any atom is 0.128 e. The second kappa shape index (κ2) is 9.43. The molecule has 31 heavy (non-hydrogen) atoms. The van der Waals surface area contributed by atoms with Crippen molar-refractivity contribution in [2.45, 2.75) is 32.7 Å². The number of nitrogens with two attached hydrogens (primary N) is 1. The molecule has 1 fully saturated rings. The van der Waals surface area contributed by atoms with E-state index in [2.05, 4.69) is 83.9 Å². The van der Waals surface area contributed by atoms with Crippen molar-refractivity contribution in [1.29, 1.82) is 0 Å². The molecular formula is C25H34N6. The number of benzene rings is 2. The van der Waals surface area contributed by atoms with Crippen molar-refractivity contribution in [3.05, 3.63) is 66.5 Å². The van der Waals surface area contributed by atoms with Gasteiger partial charge in [-0.3, -0.25) is 4.90 Å². The van der Waals surface area contributed by atoms with Gasteiger partial charge in [0.2, 0.25) is 0 Å². The van der Waals surface area contributed by atoms with Gasteiger partial charge in [-0.25, -0.2) is 5.01 Å². The normalized spacial score (nSPS) is 17.6. The lowest BCUT2D eigenvalue weighted by molar-refractivity contribution is 0.282. The standard InChI is InChI=1S/C25H34N6/c1-4-22-5-7-23(8-6-22)28-15-17-29(18-16-28)24-9-11-25(12-10-24)30-19-27-31(21(30)3)20(2)13-14-26/h5-12,19-20H,3-4,13-18,26H2,1-2H3. The molecule has 4 rings (SSSR count). The number of aryl methyl sites for hydroxylation is 1. The fraction of sp³-hybridized carbons (Fsp3) is 0.400. The van der Waals surface area contributed by atoms with Gasteiger partial charge in [-0.15, -0.1) is 0 Å². The number of nitrogens with zero attached hydrogens (tertiary/aromatic N) is 5. The van der Waals surface area contributed by atoms with Gasteiger partial charge in [0, 0.05) is 43.2 Å². The summed E-state index contributed by atoms with van der Waals surface area (Å²) in [6.07, 6.45) is 3.82. The lowest BCUT2D eigenvalue weighted by Crippen LogP contribution is -2.46. The number of hydrazone groups is 1. The van der Waals surface area contributed by atoms with E-state index >= 15 is 0 Å². The lowest BCUT2D eigenvalue weighted by Gasteiger charge is -2.37. The predicted octanol–water partition coefficient (Wildman–Crippen LogP) is 3.85. The first-order valence-electron chi connectivity index (χ1n) is 11.3. The highest BCUT2D eigenvalue weighted by Gasteiger charge is 2.25. The van der Waals surface area contributed by atoms with Crippen LogP contribution in [0.1, 0.15) is 25.8 Å². The lowest BCUT2D eigenvalue weighted by atomic mass is 10.1. The van der Waals surface area contributed by atoms with Crippen LogP contribution >= 0.6 is 0 Å². The van der Waals surface area contributed by atoms with Crippen molar-refractivity contribution >= 4 is 23.4 Å². The van der Waals surface area contributed by atoms with Crippen LogP contribution in [0.25, 0.3) is 0 Å². The first-order valence-corrected chi connectivity index (χ1v) is 11.3. The Morgan fingerprint density at radius 2 is 1.42 bits per heavy atom. The first kappa shape index (κ1) is 21.2. The van der Waals surface area contributed by atoms with Gasteiger partial charge in [-0.1, -0.05) is 25.6 Å². The van der Waals surface area contributed by atoms with E-state index in [1.54, 1.807) is 0 Å². The minimum absolute atomic E-state index is 0.243. The average molecular weight is 419 g/mol. The predicted molar refractivity (Wildman–Crippen MR) is 132 cm³/mol. The van der Waals surface area contributed by atoms with Crippen LogP contribution in [0.5, 0.6) is 0 Å². The first-order chi connectivity index (χ1) is 15.1. The van der Waals surface area contributed by atoms with Crippen molar-refractivity contribution in [2.24, 2.45) is 10.8 Å². The van der Waals surface area contributed by atoms with E-state index < -0.39 is 0 Å². The molecule has 2 N–H and O–H groups in total. The van der Waals surface area contributed by atoms with E-state index in [4.69, 9.17) is 5.73 Å². The summed E-state index contributed by atoms with van der Waals surface area (Å²) in [5.74, 6) is 0.872. The molecule has 2 aromatic rings. The van der Waals surface area contributed by atoms with Gasteiger partial charge in [-0.05, 0) is 68.3 Å². The highest BCUT2D eigenvalue weighted by atomic mass is 15.6. The molecule has 0 aliphatic carbocycles. The minimum Gasteiger partial charge on any atom is -0.368 e. The van der Waals surface area contributed by atoms with E-state index in [1.165, 1.54) is 16.9 Å². The molecule has 0 radical (unpaired) electrons. The van der Waals surface area contributed by atoms with Crippen LogP contribution in [0.15, 0.2) is 66.0 Å². The molecule has 164 valence electrons. The molecule has 1 unspecified atom stereocenters. The van der Waals surface area contributed by atoms with E-state index in [0.717, 1.165) is 50.5 Å². The highest BCUT2D eigenvalue weighted by Crippen LogP contribution is 2.28. The van der Waals surface area contributed by atoms with Crippen LogP contribution in [0, 0.1) is 0 Å². The Morgan fingerprint density at radius 3 is 1.94 bits per heavy atom. The van der Waals surface area contributed by atoms with Crippen LogP contribution in [-0.4, -0.2) is 50.1 Å². The number of hydrogen-bond donors (Lipinski definition) is 1. The molecule has 2 aliphatic heterocycles. The Morgan fingerprint density at radius 1 is 0.903 bits per heavy atom. The van der Waals surface area contributed by atoms with Crippen LogP contribution in [0.3, 0.4) is 0 Å². The molecular weight excluding hydrogens is 384 g/mol. The van der Waals surface area contributed by atoms with E-state index in [1.807, 2.05) is 16.2 Å². The van der Waals surface area contributed by atoms with Crippen molar-refractivity contribution in [2.75, 3.05) is 47.4 Å². The summed E-state index contributed by atoms with van der Waals surface area (Å²) >= 11 is 0. The van der Waals surface area contributed by atoms with Gasteiger partial charge in [0.1, 0.15) is 12.2 Å². The summed E-state index contributed by atoms with van der Waals surface area (Å²) < 4.78 is 0. The monoisotopic (exact) mass is 418 g/mol. The van der Waals surface area contributed by atoms with E-state index in [9.17, 15) is 0 Å². The van der Waals surface area contributed by atoms with Crippen molar-refractivity contribution in [3.63, 3.8) is 0 Å². The molecule has 1 saturated heterocycles. The van der Waals surface area contributed by atoms with Crippen LogP contribution in [0.4, 0.5) is 17.1 Å². The van der Waals surface area contributed by atoms with Crippen LogP contribution < -0.4 is 20.4 Å². The third-order valence-electron chi connectivity index (χ3n) is 6.32. The van der Waals surface area contributed by atoms with Crippen LogP contribution in [0.2, 0.25) is 0 Å². The maximum absolute atomic E-state index is 5.70.